The molecule has 0 amide bonds. The van der Waals surface area contributed by atoms with Crippen LogP contribution in [0.15, 0.2) is 67.1 Å². The van der Waals surface area contributed by atoms with Crippen molar-refractivity contribution in [1.82, 2.24) is 9.97 Å². The lowest BCUT2D eigenvalue weighted by molar-refractivity contribution is 0.370. The Labute approximate surface area is 118 Å². The first-order chi connectivity index (χ1) is 9.90. The predicted octanol–water partition coefficient (Wildman–Crippen LogP) is 3.33. The number of hydrogen-bond donors (Lipinski definition) is 0. The minimum atomic E-state index is 0.337. The highest BCUT2D eigenvalue weighted by Gasteiger charge is 1.87. The number of benzene rings is 2. The van der Waals surface area contributed by atoms with E-state index < -0.39 is 0 Å². The molecule has 0 bridgehead atoms. The molecule has 0 saturated heterocycles. The summed E-state index contributed by atoms with van der Waals surface area (Å²) in [7, 11) is 0. The zero-order valence-electron chi connectivity index (χ0n) is 10.9. The van der Waals surface area contributed by atoms with Crippen LogP contribution >= 0.6 is 0 Å². The summed E-state index contributed by atoms with van der Waals surface area (Å²) in [5.74, 6) is 3.21. The minimum Gasteiger partial charge on any atom is -0.481 e. The first-order valence-corrected chi connectivity index (χ1v) is 6.16. The summed E-state index contributed by atoms with van der Waals surface area (Å²) in [6.07, 6.45) is 8.37. The number of rotatable bonds is 2. The lowest BCUT2D eigenvalue weighted by Crippen LogP contribution is -1.91. The lowest BCUT2D eigenvalue weighted by atomic mass is 10.2. The van der Waals surface area contributed by atoms with Crippen LogP contribution in [0, 0.1) is 12.3 Å². The summed E-state index contributed by atoms with van der Waals surface area (Å²) in [4.78, 5) is 7.97. The van der Waals surface area contributed by atoms with Gasteiger partial charge in [0.15, 0.2) is 0 Å². The van der Waals surface area contributed by atoms with Crippen LogP contribution in [0.4, 0.5) is 0 Å². The molecular formula is C17H14N2O. The molecule has 3 heteroatoms. The van der Waals surface area contributed by atoms with Gasteiger partial charge in [0.2, 0.25) is 0 Å². The number of ether oxygens (including phenoxy) is 1. The first kappa shape index (κ1) is 13.6. The third-order valence-corrected chi connectivity index (χ3v) is 2.48. The monoisotopic (exact) mass is 262 g/mol. The van der Waals surface area contributed by atoms with Crippen molar-refractivity contribution in [2.45, 2.75) is 0 Å². The van der Waals surface area contributed by atoms with Crippen LogP contribution in [0.25, 0.3) is 10.9 Å². The molecule has 2 aromatic carbocycles. The second-order valence-corrected chi connectivity index (χ2v) is 3.89. The maximum absolute atomic E-state index is 5.12. The van der Waals surface area contributed by atoms with E-state index >= 15 is 0 Å². The molecule has 0 N–H and O–H groups in total. The smallest absolute Gasteiger partial charge is 0.148 e. The van der Waals surface area contributed by atoms with E-state index in [0.29, 0.717) is 6.61 Å². The lowest BCUT2D eigenvalue weighted by Gasteiger charge is -1.98. The normalized spacial score (nSPS) is 9.15. The Bertz CT molecular complexity index is 624. The van der Waals surface area contributed by atoms with E-state index in [2.05, 4.69) is 15.9 Å². The van der Waals surface area contributed by atoms with E-state index in [0.717, 1.165) is 16.7 Å². The van der Waals surface area contributed by atoms with Crippen molar-refractivity contribution >= 4 is 10.9 Å². The maximum atomic E-state index is 5.12. The van der Waals surface area contributed by atoms with Gasteiger partial charge in [0.05, 0.1) is 5.52 Å². The fourth-order valence-electron chi connectivity index (χ4n) is 1.57. The van der Waals surface area contributed by atoms with Gasteiger partial charge in [0.25, 0.3) is 0 Å². The Kier molecular flexibility index (Phi) is 5.12. The van der Waals surface area contributed by atoms with Crippen LogP contribution in [-0.2, 0) is 0 Å². The molecule has 20 heavy (non-hydrogen) atoms. The number of fused-ring (bicyclic) bond motifs is 1. The Morgan fingerprint density at radius 3 is 2.50 bits per heavy atom. The molecule has 3 aromatic rings. The summed E-state index contributed by atoms with van der Waals surface area (Å²) in [6, 6.07) is 17.4. The van der Waals surface area contributed by atoms with Crippen LogP contribution < -0.4 is 4.74 Å². The summed E-state index contributed by atoms with van der Waals surface area (Å²) >= 11 is 0. The van der Waals surface area contributed by atoms with Crippen molar-refractivity contribution in [3.05, 3.63) is 67.1 Å². The quantitative estimate of drug-likeness (QED) is 0.664. The Balaban J connectivity index is 0.000000147. The van der Waals surface area contributed by atoms with Gasteiger partial charge in [-0.1, -0.05) is 42.3 Å². The van der Waals surface area contributed by atoms with Gasteiger partial charge in [-0.25, -0.2) is 9.97 Å². The van der Waals surface area contributed by atoms with Gasteiger partial charge in [-0.2, -0.15) is 0 Å². The molecule has 0 spiro atoms. The summed E-state index contributed by atoms with van der Waals surface area (Å²) < 4.78 is 5.12. The zero-order chi connectivity index (χ0) is 14.0. The zero-order valence-corrected chi connectivity index (χ0v) is 10.9. The van der Waals surface area contributed by atoms with E-state index in [1.807, 2.05) is 60.8 Å². The van der Waals surface area contributed by atoms with Crippen LogP contribution in [-0.4, -0.2) is 16.6 Å². The number of aromatic nitrogens is 2. The standard InChI is InChI=1S/C9H8O.C8H6N2/c1-2-8-10-9-6-4-3-5-7-9;1-2-4-8-7(3-1)5-9-6-10-8/h1,3-7H,8H2;1-6H. The van der Waals surface area contributed by atoms with Gasteiger partial charge in [-0.15, -0.1) is 6.42 Å². The van der Waals surface area contributed by atoms with Crippen molar-refractivity contribution in [1.29, 1.82) is 0 Å². The highest BCUT2D eigenvalue weighted by atomic mass is 16.5. The second kappa shape index (κ2) is 7.55. The molecule has 1 heterocycles. The van der Waals surface area contributed by atoms with Crippen molar-refractivity contribution < 1.29 is 4.74 Å². The highest BCUT2D eigenvalue weighted by molar-refractivity contribution is 5.76. The molecule has 98 valence electrons. The predicted molar refractivity (Wildman–Crippen MR) is 80.3 cm³/mol. The summed E-state index contributed by atoms with van der Waals surface area (Å²) in [5.41, 5.74) is 0.998. The van der Waals surface area contributed by atoms with Gasteiger partial charge in [0, 0.05) is 11.6 Å². The molecule has 0 radical (unpaired) electrons. The highest BCUT2D eigenvalue weighted by Crippen LogP contribution is 2.07. The molecular weight excluding hydrogens is 248 g/mol. The molecule has 0 atom stereocenters. The average Bonchev–Trinajstić information content (AvgIpc) is 2.55. The Hall–Kier alpha value is -2.86. The summed E-state index contributed by atoms with van der Waals surface area (Å²) in [6.45, 7) is 0.337. The van der Waals surface area contributed by atoms with E-state index in [1.54, 1.807) is 6.33 Å². The number of para-hydroxylation sites is 2. The molecule has 3 rings (SSSR count). The molecule has 0 aliphatic rings. The molecule has 0 saturated carbocycles. The topological polar surface area (TPSA) is 35.0 Å². The fraction of sp³-hybridized carbons (Fsp3) is 0.0588. The summed E-state index contributed by atoms with van der Waals surface area (Å²) in [5, 5.41) is 1.09. The van der Waals surface area contributed by atoms with Gasteiger partial charge < -0.3 is 4.74 Å². The number of hydrogen-bond acceptors (Lipinski definition) is 3. The third-order valence-electron chi connectivity index (χ3n) is 2.48. The SMILES string of the molecule is C#CCOc1ccccc1.c1ccc2ncncc2c1. The Morgan fingerprint density at radius 1 is 1.00 bits per heavy atom. The van der Waals surface area contributed by atoms with Crippen molar-refractivity contribution in [3.63, 3.8) is 0 Å². The van der Waals surface area contributed by atoms with Crippen LogP contribution in [0.2, 0.25) is 0 Å². The van der Waals surface area contributed by atoms with E-state index in [4.69, 9.17) is 11.2 Å². The van der Waals surface area contributed by atoms with E-state index in [1.165, 1.54) is 0 Å². The van der Waals surface area contributed by atoms with Crippen LogP contribution in [0.5, 0.6) is 5.75 Å². The van der Waals surface area contributed by atoms with E-state index in [9.17, 15) is 0 Å². The van der Waals surface area contributed by atoms with Crippen molar-refractivity contribution in [3.8, 4) is 18.1 Å². The first-order valence-electron chi connectivity index (χ1n) is 6.16. The molecule has 0 fully saturated rings. The average molecular weight is 262 g/mol. The largest absolute Gasteiger partial charge is 0.481 e. The fourth-order valence-corrected chi connectivity index (χ4v) is 1.57. The van der Waals surface area contributed by atoms with Gasteiger partial charge >= 0.3 is 0 Å². The van der Waals surface area contributed by atoms with Crippen molar-refractivity contribution in [2.75, 3.05) is 6.61 Å². The molecule has 0 aliphatic carbocycles. The van der Waals surface area contributed by atoms with Gasteiger partial charge in [-0.3, -0.25) is 0 Å². The van der Waals surface area contributed by atoms with Gasteiger partial charge in [0.1, 0.15) is 18.7 Å². The van der Waals surface area contributed by atoms with Crippen LogP contribution in [0.1, 0.15) is 0 Å². The third kappa shape index (κ3) is 4.11. The maximum Gasteiger partial charge on any atom is 0.148 e. The van der Waals surface area contributed by atoms with E-state index in [-0.39, 0.29) is 0 Å². The van der Waals surface area contributed by atoms with Crippen molar-refractivity contribution in [2.24, 2.45) is 0 Å². The molecule has 3 nitrogen and oxygen atoms in total. The second-order valence-electron chi connectivity index (χ2n) is 3.89. The molecule has 0 unspecified atom stereocenters. The molecule has 1 aromatic heterocycles. The minimum absolute atomic E-state index is 0.337. The number of nitrogens with zero attached hydrogens (tertiary/aromatic N) is 2. The van der Waals surface area contributed by atoms with Crippen LogP contribution in [0.3, 0.4) is 0 Å². The number of terminal acetylenes is 1. The Morgan fingerprint density at radius 2 is 1.75 bits per heavy atom. The van der Waals surface area contributed by atoms with Gasteiger partial charge in [-0.05, 0) is 18.2 Å². The molecule has 0 aliphatic heterocycles.